The monoisotopic (exact) mass is 262 g/mol. The molecule has 0 fully saturated rings. The number of nitrogens with one attached hydrogen (secondary N) is 1. The Labute approximate surface area is 112 Å². The van der Waals surface area contributed by atoms with Crippen molar-refractivity contribution in [3.63, 3.8) is 0 Å². The lowest BCUT2D eigenvalue weighted by Crippen LogP contribution is -2.23. The molecule has 102 valence electrons. The van der Waals surface area contributed by atoms with Crippen LogP contribution in [0.3, 0.4) is 0 Å². The van der Waals surface area contributed by atoms with Gasteiger partial charge in [-0.05, 0) is 52.2 Å². The van der Waals surface area contributed by atoms with Gasteiger partial charge in [-0.2, -0.15) is 0 Å². The number of halogens is 1. The zero-order valence-corrected chi connectivity index (χ0v) is 11.5. The molecular weight excluding hydrogens is 243 g/mol. The minimum atomic E-state index is -0.272. The van der Waals surface area contributed by atoms with E-state index in [1.54, 1.807) is 6.07 Å². The fourth-order valence-corrected chi connectivity index (χ4v) is 1.90. The van der Waals surface area contributed by atoms with Gasteiger partial charge in [0.15, 0.2) is 0 Å². The zero-order chi connectivity index (χ0) is 13.8. The molecule has 0 radical (unpaired) electrons. The number of nitrogens with zero attached hydrogens (tertiary/aromatic N) is 3. The highest BCUT2D eigenvalue weighted by Gasteiger charge is 2.08. The normalized spacial score (nSPS) is 12.9. The number of anilines is 1. The van der Waals surface area contributed by atoms with E-state index in [2.05, 4.69) is 27.1 Å². The Hall–Kier alpha value is -1.75. The lowest BCUT2D eigenvalue weighted by Gasteiger charge is -2.18. The van der Waals surface area contributed by atoms with Crippen LogP contribution in [-0.4, -0.2) is 41.5 Å². The van der Waals surface area contributed by atoms with Crippen molar-refractivity contribution < 1.29 is 4.39 Å². The molecule has 2 rings (SSSR count). The maximum atomic E-state index is 13.3. The molecule has 0 aliphatic carbocycles. The van der Waals surface area contributed by atoms with Crippen molar-refractivity contribution in [1.29, 1.82) is 0 Å². The molecule has 0 saturated carbocycles. The van der Waals surface area contributed by atoms with Crippen molar-refractivity contribution in [3.8, 4) is 0 Å². The van der Waals surface area contributed by atoms with Gasteiger partial charge in [0, 0.05) is 11.4 Å². The van der Waals surface area contributed by atoms with Gasteiger partial charge in [0.1, 0.15) is 18.0 Å². The smallest absolute Gasteiger partial charge is 0.137 e. The molecule has 1 heterocycles. The summed E-state index contributed by atoms with van der Waals surface area (Å²) in [5.74, 6) is 0.419. The van der Waals surface area contributed by atoms with Gasteiger partial charge in [0.05, 0.1) is 5.52 Å². The first kappa shape index (κ1) is 13.7. The Morgan fingerprint density at radius 3 is 2.84 bits per heavy atom. The van der Waals surface area contributed by atoms with E-state index >= 15 is 0 Å². The summed E-state index contributed by atoms with van der Waals surface area (Å²) in [6.07, 6.45) is 2.50. The van der Waals surface area contributed by atoms with Crippen LogP contribution in [0.15, 0.2) is 24.5 Å². The maximum Gasteiger partial charge on any atom is 0.137 e. The molecule has 0 amide bonds. The topological polar surface area (TPSA) is 41.0 Å². The molecule has 0 aliphatic heterocycles. The van der Waals surface area contributed by atoms with E-state index in [-0.39, 0.29) is 11.9 Å². The third-order valence-electron chi connectivity index (χ3n) is 2.99. The summed E-state index contributed by atoms with van der Waals surface area (Å²) < 4.78 is 13.3. The van der Waals surface area contributed by atoms with Gasteiger partial charge in [0.25, 0.3) is 0 Å². The molecule has 4 nitrogen and oxygen atoms in total. The number of aromatic nitrogens is 2. The molecular formula is C14H19FN4. The first-order chi connectivity index (χ1) is 9.06. The van der Waals surface area contributed by atoms with Crippen LogP contribution in [0.2, 0.25) is 0 Å². The van der Waals surface area contributed by atoms with Crippen LogP contribution < -0.4 is 5.32 Å². The van der Waals surface area contributed by atoms with Gasteiger partial charge in [-0.25, -0.2) is 14.4 Å². The van der Waals surface area contributed by atoms with Crippen molar-refractivity contribution in [3.05, 3.63) is 30.3 Å². The van der Waals surface area contributed by atoms with Crippen LogP contribution in [0.5, 0.6) is 0 Å². The van der Waals surface area contributed by atoms with Crippen molar-refractivity contribution in [1.82, 2.24) is 14.9 Å². The van der Waals surface area contributed by atoms with E-state index < -0.39 is 0 Å². The highest BCUT2D eigenvalue weighted by Crippen LogP contribution is 2.21. The molecule has 0 bridgehead atoms. The highest BCUT2D eigenvalue weighted by atomic mass is 19.1. The molecule has 0 spiro atoms. The van der Waals surface area contributed by atoms with Crippen molar-refractivity contribution in [2.75, 3.05) is 26.0 Å². The molecule has 1 aromatic carbocycles. The summed E-state index contributed by atoms with van der Waals surface area (Å²) in [7, 11) is 4.09. The Balaban J connectivity index is 2.18. The minimum absolute atomic E-state index is 0.267. The lowest BCUT2D eigenvalue weighted by atomic mass is 10.2. The van der Waals surface area contributed by atoms with Crippen LogP contribution in [0.4, 0.5) is 10.2 Å². The first-order valence-corrected chi connectivity index (χ1v) is 6.38. The van der Waals surface area contributed by atoms with E-state index in [1.807, 2.05) is 14.1 Å². The zero-order valence-electron chi connectivity index (χ0n) is 11.5. The number of rotatable bonds is 5. The fraction of sp³-hybridized carbons (Fsp3) is 0.429. The van der Waals surface area contributed by atoms with Gasteiger partial charge < -0.3 is 10.2 Å². The quantitative estimate of drug-likeness (QED) is 0.899. The predicted molar refractivity (Wildman–Crippen MR) is 75.8 cm³/mol. The summed E-state index contributed by atoms with van der Waals surface area (Å²) in [5, 5.41) is 4.04. The number of hydrogen-bond donors (Lipinski definition) is 1. The van der Waals surface area contributed by atoms with Gasteiger partial charge in [0.2, 0.25) is 0 Å². The third kappa shape index (κ3) is 3.61. The van der Waals surface area contributed by atoms with Gasteiger partial charge >= 0.3 is 0 Å². The molecule has 1 unspecified atom stereocenters. The third-order valence-corrected chi connectivity index (χ3v) is 2.99. The SMILES string of the molecule is CC(CCN(C)C)Nc1ncnc2ccc(F)cc12. The second-order valence-electron chi connectivity index (χ2n) is 5.02. The largest absolute Gasteiger partial charge is 0.367 e. The van der Waals surface area contributed by atoms with E-state index in [0.717, 1.165) is 23.9 Å². The molecule has 1 aromatic heterocycles. The van der Waals surface area contributed by atoms with E-state index in [0.29, 0.717) is 5.82 Å². The Morgan fingerprint density at radius 2 is 2.11 bits per heavy atom. The van der Waals surface area contributed by atoms with E-state index in [4.69, 9.17) is 0 Å². The van der Waals surface area contributed by atoms with Crippen molar-refractivity contribution >= 4 is 16.7 Å². The lowest BCUT2D eigenvalue weighted by molar-refractivity contribution is 0.390. The molecule has 2 aromatic rings. The standard InChI is InChI=1S/C14H19FN4/c1-10(6-7-19(2)3)18-14-12-8-11(15)4-5-13(12)16-9-17-14/h4-5,8-10H,6-7H2,1-3H3,(H,16,17,18). The second kappa shape index (κ2) is 5.93. The van der Waals surface area contributed by atoms with Gasteiger partial charge in [-0.3, -0.25) is 0 Å². The van der Waals surface area contributed by atoms with Crippen molar-refractivity contribution in [2.24, 2.45) is 0 Å². The Bertz CT molecular complexity index is 556. The van der Waals surface area contributed by atoms with Crippen LogP contribution >= 0.6 is 0 Å². The molecule has 0 saturated heterocycles. The predicted octanol–water partition coefficient (Wildman–Crippen LogP) is 2.52. The van der Waals surface area contributed by atoms with Gasteiger partial charge in [-0.15, -0.1) is 0 Å². The maximum absolute atomic E-state index is 13.3. The van der Waals surface area contributed by atoms with Crippen LogP contribution in [0.1, 0.15) is 13.3 Å². The van der Waals surface area contributed by atoms with E-state index in [1.165, 1.54) is 18.5 Å². The average Bonchev–Trinajstić information content (AvgIpc) is 2.37. The second-order valence-corrected chi connectivity index (χ2v) is 5.02. The Kier molecular flexibility index (Phi) is 4.27. The minimum Gasteiger partial charge on any atom is -0.367 e. The molecule has 0 aliphatic rings. The molecule has 1 N–H and O–H groups in total. The highest BCUT2D eigenvalue weighted by molar-refractivity contribution is 5.88. The molecule has 19 heavy (non-hydrogen) atoms. The number of hydrogen-bond acceptors (Lipinski definition) is 4. The summed E-state index contributed by atoms with van der Waals surface area (Å²) in [5.41, 5.74) is 0.749. The molecule has 1 atom stereocenters. The van der Waals surface area contributed by atoms with Crippen LogP contribution in [0, 0.1) is 5.82 Å². The average molecular weight is 262 g/mol. The summed E-state index contributed by atoms with van der Waals surface area (Å²) in [4.78, 5) is 10.5. The van der Waals surface area contributed by atoms with Crippen LogP contribution in [-0.2, 0) is 0 Å². The van der Waals surface area contributed by atoms with Gasteiger partial charge in [-0.1, -0.05) is 0 Å². The summed E-state index contributed by atoms with van der Waals surface area (Å²) in [6, 6.07) is 4.82. The van der Waals surface area contributed by atoms with E-state index in [9.17, 15) is 4.39 Å². The summed E-state index contributed by atoms with van der Waals surface area (Å²) >= 11 is 0. The van der Waals surface area contributed by atoms with Crippen LogP contribution in [0.25, 0.3) is 10.9 Å². The van der Waals surface area contributed by atoms with Crippen molar-refractivity contribution in [2.45, 2.75) is 19.4 Å². The number of fused-ring (bicyclic) bond motifs is 1. The summed E-state index contributed by atoms with van der Waals surface area (Å²) in [6.45, 7) is 3.09. The fourth-order valence-electron chi connectivity index (χ4n) is 1.90. The number of benzene rings is 1. The molecule has 5 heteroatoms. The first-order valence-electron chi connectivity index (χ1n) is 6.38. The Morgan fingerprint density at radius 1 is 1.32 bits per heavy atom.